The number of nitrogens with zero attached hydrogens (tertiary/aromatic N) is 1. The van der Waals surface area contributed by atoms with Gasteiger partial charge in [0.15, 0.2) is 11.5 Å². The molecule has 27 heavy (non-hydrogen) atoms. The van der Waals surface area contributed by atoms with Gasteiger partial charge in [0.05, 0.1) is 0 Å². The first kappa shape index (κ1) is 16.6. The first-order valence-electron chi connectivity index (χ1n) is 8.32. The number of fused-ring (bicyclic) bond motifs is 1. The fourth-order valence-corrected chi connectivity index (χ4v) is 3.12. The number of nitrogens with two attached hydrogens (primary N) is 1. The summed E-state index contributed by atoms with van der Waals surface area (Å²) in [6.45, 7) is 3.89. The van der Waals surface area contributed by atoms with Gasteiger partial charge in [-0.3, -0.25) is 4.79 Å². The summed E-state index contributed by atoms with van der Waals surface area (Å²) >= 11 is 0. The number of amides is 1. The summed E-state index contributed by atoms with van der Waals surface area (Å²) in [5.74, 6) is 0.611. The highest BCUT2D eigenvalue weighted by Gasteiger charge is 2.21. The molecule has 1 aromatic heterocycles. The van der Waals surface area contributed by atoms with Crippen LogP contribution in [-0.4, -0.2) is 10.9 Å². The predicted molar refractivity (Wildman–Crippen MR) is 104 cm³/mol. The predicted octanol–water partition coefficient (Wildman–Crippen LogP) is 4.40. The third-order valence-electron chi connectivity index (χ3n) is 4.30. The highest BCUT2D eigenvalue weighted by molar-refractivity contribution is 6.04. The number of hydrogen-bond donors (Lipinski definition) is 1. The van der Waals surface area contributed by atoms with Crippen LogP contribution in [0.3, 0.4) is 0 Å². The molecule has 1 aliphatic rings. The normalized spacial score (nSPS) is 11.9. The van der Waals surface area contributed by atoms with Crippen LogP contribution in [0.25, 0.3) is 28.3 Å². The smallest absolute Gasteiger partial charge is 0.267 e. The molecule has 132 valence electrons. The van der Waals surface area contributed by atoms with Crippen LogP contribution in [0.2, 0.25) is 0 Å². The lowest BCUT2D eigenvalue weighted by atomic mass is 9.89. The summed E-state index contributed by atoms with van der Waals surface area (Å²) < 4.78 is 11.0. The Morgan fingerprint density at radius 1 is 0.963 bits per heavy atom. The van der Waals surface area contributed by atoms with Gasteiger partial charge in [0.1, 0.15) is 18.2 Å². The molecule has 0 unspecified atom stereocenters. The van der Waals surface area contributed by atoms with Crippen molar-refractivity contribution >= 4 is 12.0 Å². The number of carbonyl (C=O) groups is 1. The first-order valence-corrected chi connectivity index (χ1v) is 8.32. The Morgan fingerprint density at radius 2 is 1.70 bits per heavy atom. The highest BCUT2D eigenvalue weighted by Crippen LogP contribution is 2.41. The second-order valence-electron chi connectivity index (χ2n) is 5.92. The van der Waals surface area contributed by atoms with Crippen molar-refractivity contribution in [3.05, 3.63) is 85.1 Å². The van der Waals surface area contributed by atoms with Crippen molar-refractivity contribution in [2.75, 3.05) is 0 Å². The molecule has 0 bridgehead atoms. The van der Waals surface area contributed by atoms with Gasteiger partial charge < -0.3 is 15.2 Å². The molecule has 0 radical (unpaired) electrons. The average Bonchev–Trinajstić information content (AvgIpc) is 2.72. The molecule has 0 saturated heterocycles. The standard InChI is InChI=1S/C22H16N2O3/c1-2-14-13-24-21(22(23)25)20(15-6-4-3-5-7-15)19(14)16-8-9-17-18(12-16)27-11-10-26-17/h2-13H,1H2,(H2,23,25). The van der Waals surface area contributed by atoms with Gasteiger partial charge in [-0.1, -0.05) is 49.1 Å². The lowest BCUT2D eigenvalue weighted by Gasteiger charge is -2.18. The molecular weight excluding hydrogens is 340 g/mol. The van der Waals surface area contributed by atoms with E-state index in [0.29, 0.717) is 17.1 Å². The van der Waals surface area contributed by atoms with Crippen LogP contribution in [0.15, 0.2) is 73.8 Å². The zero-order chi connectivity index (χ0) is 18.8. The molecule has 5 heteroatoms. The molecule has 0 aliphatic carbocycles. The van der Waals surface area contributed by atoms with E-state index in [0.717, 1.165) is 22.3 Å². The van der Waals surface area contributed by atoms with Gasteiger partial charge in [-0.2, -0.15) is 0 Å². The van der Waals surface area contributed by atoms with Crippen LogP contribution in [0, 0.1) is 0 Å². The quantitative estimate of drug-likeness (QED) is 0.752. The van der Waals surface area contributed by atoms with Crippen LogP contribution in [-0.2, 0) is 0 Å². The molecule has 0 saturated carbocycles. The molecular formula is C22H16N2O3. The maximum absolute atomic E-state index is 12.1. The van der Waals surface area contributed by atoms with Crippen molar-refractivity contribution < 1.29 is 14.3 Å². The van der Waals surface area contributed by atoms with E-state index in [-0.39, 0.29) is 5.69 Å². The van der Waals surface area contributed by atoms with Gasteiger partial charge in [-0.05, 0) is 23.3 Å². The Bertz CT molecular complexity index is 1070. The van der Waals surface area contributed by atoms with Crippen LogP contribution < -0.4 is 15.2 Å². The van der Waals surface area contributed by atoms with Crippen LogP contribution >= 0.6 is 0 Å². The summed E-state index contributed by atoms with van der Waals surface area (Å²) in [7, 11) is 0. The van der Waals surface area contributed by atoms with E-state index in [9.17, 15) is 4.79 Å². The number of hydrogen-bond acceptors (Lipinski definition) is 4. The third-order valence-corrected chi connectivity index (χ3v) is 4.30. The van der Waals surface area contributed by atoms with Crippen molar-refractivity contribution in [2.24, 2.45) is 5.73 Å². The molecule has 2 N–H and O–H groups in total. The lowest BCUT2D eigenvalue weighted by molar-refractivity contribution is 0.0996. The Morgan fingerprint density at radius 3 is 2.41 bits per heavy atom. The van der Waals surface area contributed by atoms with Crippen LogP contribution in [0.5, 0.6) is 11.5 Å². The van der Waals surface area contributed by atoms with Crippen molar-refractivity contribution in [3.63, 3.8) is 0 Å². The SMILES string of the molecule is C=Cc1cnc(C(N)=O)c(-c2ccccc2)c1-c1ccc2c(c1)OC=CO2. The maximum Gasteiger partial charge on any atom is 0.267 e. The van der Waals surface area contributed by atoms with Crippen molar-refractivity contribution in [2.45, 2.75) is 0 Å². The Kier molecular flexibility index (Phi) is 4.18. The monoisotopic (exact) mass is 356 g/mol. The van der Waals surface area contributed by atoms with E-state index in [1.54, 1.807) is 12.3 Å². The molecule has 1 amide bonds. The molecule has 3 aromatic rings. The molecule has 2 aromatic carbocycles. The van der Waals surface area contributed by atoms with Crippen LogP contribution in [0.1, 0.15) is 16.1 Å². The third kappa shape index (κ3) is 2.95. The van der Waals surface area contributed by atoms with E-state index in [4.69, 9.17) is 15.2 Å². The minimum atomic E-state index is -0.591. The Balaban J connectivity index is 2.03. The van der Waals surface area contributed by atoms with Gasteiger partial charge in [-0.25, -0.2) is 4.98 Å². The molecule has 1 aliphatic heterocycles. The van der Waals surface area contributed by atoms with E-state index in [2.05, 4.69) is 11.6 Å². The Hall–Kier alpha value is -3.86. The number of ether oxygens (including phenoxy) is 2. The van der Waals surface area contributed by atoms with Gasteiger partial charge in [0.2, 0.25) is 0 Å². The number of pyridine rings is 1. The zero-order valence-corrected chi connectivity index (χ0v) is 14.4. The molecule has 5 nitrogen and oxygen atoms in total. The van der Waals surface area contributed by atoms with E-state index >= 15 is 0 Å². The minimum Gasteiger partial charge on any atom is -0.458 e. The molecule has 0 fully saturated rings. The second-order valence-corrected chi connectivity index (χ2v) is 5.92. The van der Waals surface area contributed by atoms with Crippen molar-refractivity contribution in [1.29, 1.82) is 0 Å². The summed E-state index contributed by atoms with van der Waals surface area (Å²) in [5, 5.41) is 0. The van der Waals surface area contributed by atoms with Gasteiger partial charge in [0, 0.05) is 22.9 Å². The fourth-order valence-electron chi connectivity index (χ4n) is 3.12. The summed E-state index contributed by atoms with van der Waals surface area (Å²) in [6.07, 6.45) is 6.26. The molecule has 2 heterocycles. The largest absolute Gasteiger partial charge is 0.458 e. The molecule has 0 atom stereocenters. The Labute approximate surface area is 156 Å². The average molecular weight is 356 g/mol. The highest BCUT2D eigenvalue weighted by atomic mass is 16.5. The second kappa shape index (κ2) is 6.80. The molecule has 0 spiro atoms. The van der Waals surface area contributed by atoms with Gasteiger partial charge in [0.25, 0.3) is 5.91 Å². The molecule has 4 rings (SSSR count). The number of benzene rings is 2. The van der Waals surface area contributed by atoms with Crippen molar-refractivity contribution in [1.82, 2.24) is 4.98 Å². The maximum atomic E-state index is 12.1. The van der Waals surface area contributed by atoms with Gasteiger partial charge in [-0.15, -0.1) is 0 Å². The van der Waals surface area contributed by atoms with E-state index < -0.39 is 5.91 Å². The van der Waals surface area contributed by atoms with Crippen molar-refractivity contribution in [3.8, 4) is 33.8 Å². The van der Waals surface area contributed by atoms with E-state index in [1.165, 1.54) is 12.5 Å². The fraction of sp³-hybridized carbons (Fsp3) is 0. The van der Waals surface area contributed by atoms with Gasteiger partial charge >= 0.3 is 0 Å². The zero-order valence-electron chi connectivity index (χ0n) is 14.4. The topological polar surface area (TPSA) is 74.4 Å². The van der Waals surface area contributed by atoms with Crippen LogP contribution in [0.4, 0.5) is 0 Å². The summed E-state index contributed by atoms with van der Waals surface area (Å²) in [6, 6.07) is 15.1. The summed E-state index contributed by atoms with van der Waals surface area (Å²) in [5.41, 5.74) is 9.75. The number of carbonyl (C=O) groups excluding carboxylic acids is 1. The summed E-state index contributed by atoms with van der Waals surface area (Å²) in [4.78, 5) is 16.4. The first-order chi connectivity index (χ1) is 13.2. The minimum absolute atomic E-state index is 0.205. The van der Waals surface area contributed by atoms with E-state index in [1.807, 2.05) is 48.5 Å². The number of rotatable bonds is 4. The lowest BCUT2D eigenvalue weighted by Crippen LogP contribution is -2.15. The number of primary amides is 1. The number of aromatic nitrogens is 1.